The van der Waals surface area contributed by atoms with E-state index >= 15 is 0 Å². The molecule has 286 valence electrons. The van der Waals surface area contributed by atoms with Gasteiger partial charge in [-0.3, -0.25) is 33.6 Å². The van der Waals surface area contributed by atoms with Crippen molar-refractivity contribution in [2.45, 2.75) is 117 Å². The molecule has 52 heavy (non-hydrogen) atoms. The lowest BCUT2D eigenvalue weighted by atomic mass is 9.98. The van der Waals surface area contributed by atoms with E-state index in [1.807, 2.05) is 38.1 Å². The largest absolute Gasteiger partial charge is 0.361 e. The maximum absolute atomic E-state index is 13.7. The van der Waals surface area contributed by atoms with Gasteiger partial charge in [0.05, 0.1) is 0 Å². The molecule has 0 radical (unpaired) electrons. The second-order valence-corrected chi connectivity index (χ2v) is 14.7. The summed E-state index contributed by atoms with van der Waals surface area (Å²) in [5.41, 5.74) is 1.66. The highest BCUT2D eigenvalue weighted by molar-refractivity contribution is 5.97. The van der Waals surface area contributed by atoms with Gasteiger partial charge in [0, 0.05) is 36.5 Å². The number of hydrogen-bond acceptors (Lipinski definition) is 7. The summed E-state index contributed by atoms with van der Waals surface area (Å²) in [7, 11) is 0. The number of nitrogens with one attached hydrogen (secondary N) is 8. The number of fused-ring (bicyclic) bond motifs is 1. The fourth-order valence-electron chi connectivity index (χ4n) is 5.92. The van der Waals surface area contributed by atoms with Gasteiger partial charge in [-0.15, -0.1) is 0 Å². The first-order valence-corrected chi connectivity index (χ1v) is 18.1. The molecule has 15 heteroatoms. The van der Waals surface area contributed by atoms with E-state index in [1.54, 1.807) is 33.9 Å². The van der Waals surface area contributed by atoms with Gasteiger partial charge in [-0.05, 0) is 56.1 Å². The van der Waals surface area contributed by atoms with Gasteiger partial charge < -0.3 is 42.2 Å². The molecule has 1 fully saturated rings. The van der Waals surface area contributed by atoms with Crippen LogP contribution in [0.5, 0.6) is 0 Å². The highest BCUT2D eigenvalue weighted by atomic mass is 16.2. The van der Waals surface area contributed by atoms with Crippen molar-refractivity contribution in [2.75, 3.05) is 6.54 Å². The standard InChI is InChI=1S/C37H56N8O7/c1-19(2)16-27-35(50)45-30(20(3)4)36(51)41-23(8)32(47)42-28(17-24-18-39-26-13-10-9-12-25(24)26)34(49)38-15-11-14-29(46)40-22(7)33(48)44-31(21(5)6)37(52)43-27/h9-10,12-13,18-23,27-28,30-31,39H,11,14-17H2,1-8H3,(H,38,49)(H,40,46)(H,41,51)(H,42,47)(H,43,52)(H,44,48)(H,45,50)/t22-,23-,27?,28-,30?,31?/m1/s1. The minimum Gasteiger partial charge on any atom is -0.361 e. The molecule has 3 rings (SSSR count). The monoisotopic (exact) mass is 724 g/mol. The molecule has 1 aromatic heterocycles. The van der Waals surface area contributed by atoms with E-state index in [1.165, 1.54) is 13.8 Å². The Morgan fingerprint density at radius 1 is 0.635 bits per heavy atom. The SMILES string of the molecule is CC(C)CC1NC(=O)C(C(C)C)NC(=O)[C@@H](C)NC(=O)CCCNC(=O)[C@@H](Cc2c[nH]c3ccccc23)NC(=O)[C@@H](C)NC(=O)C(C(C)C)NC1=O. The first kappa shape index (κ1) is 41.5. The van der Waals surface area contributed by atoms with Crippen LogP contribution in [-0.4, -0.2) is 89.1 Å². The van der Waals surface area contributed by atoms with Crippen molar-refractivity contribution in [1.82, 2.24) is 42.2 Å². The number of aromatic amines is 1. The van der Waals surface area contributed by atoms with E-state index in [2.05, 4.69) is 42.2 Å². The van der Waals surface area contributed by atoms with Crippen LogP contribution in [0.15, 0.2) is 30.5 Å². The Labute approximate surface area is 305 Å². The van der Waals surface area contributed by atoms with Gasteiger partial charge in [-0.2, -0.15) is 0 Å². The molecule has 0 saturated carbocycles. The molecule has 15 nitrogen and oxygen atoms in total. The molecule has 8 N–H and O–H groups in total. The summed E-state index contributed by atoms with van der Waals surface area (Å²) < 4.78 is 0. The van der Waals surface area contributed by atoms with Crippen molar-refractivity contribution in [3.63, 3.8) is 0 Å². The Balaban J connectivity index is 1.92. The minimum atomic E-state index is -1.09. The van der Waals surface area contributed by atoms with E-state index in [0.29, 0.717) is 0 Å². The van der Waals surface area contributed by atoms with Gasteiger partial charge in [0.15, 0.2) is 0 Å². The fourth-order valence-corrected chi connectivity index (χ4v) is 5.92. The van der Waals surface area contributed by atoms with Crippen LogP contribution in [0.2, 0.25) is 0 Å². The van der Waals surface area contributed by atoms with E-state index in [-0.39, 0.29) is 44.1 Å². The van der Waals surface area contributed by atoms with E-state index in [0.717, 1.165) is 16.5 Å². The second kappa shape index (κ2) is 19.0. The van der Waals surface area contributed by atoms with Crippen LogP contribution in [0.4, 0.5) is 0 Å². The average Bonchev–Trinajstić information content (AvgIpc) is 3.48. The van der Waals surface area contributed by atoms with Crippen LogP contribution in [0, 0.1) is 17.8 Å². The third-order valence-corrected chi connectivity index (χ3v) is 8.97. The van der Waals surface area contributed by atoms with Crippen molar-refractivity contribution in [1.29, 1.82) is 0 Å². The molecule has 2 aromatic rings. The molecular weight excluding hydrogens is 668 g/mol. The molecule has 1 aliphatic rings. The third kappa shape index (κ3) is 11.8. The van der Waals surface area contributed by atoms with Gasteiger partial charge in [-0.1, -0.05) is 59.7 Å². The predicted octanol–water partition coefficient (Wildman–Crippen LogP) is 0.927. The summed E-state index contributed by atoms with van der Waals surface area (Å²) in [6.45, 7) is 13.8. The van der Waals surface area contributed by atoms with Crippen LogP contribution in [0.1, 0.15) is 80.2 Å². The normalized spacial score (nSPS) is 25.6. The Kier molecular flexibility index (Phi) is 15.2. The second-order valence-electron chi connectivity index (χ2n) is 14.7. The fraction of sp³-hybridized carbons (Fsp3) is 0.595. The molecule has 0 bridgehead atoms. The molecule has 7 amide bonds. The Morgan fingerprint density at radius 3 is 1.83 bits per heavy atom. The zero-order valence-electron chi connectivity index (χ0n) is 31.5. The number of rotatable bonds is 6. The maximum atomic E-state index is 13.7. The van der Waals surface area contributed by atoms with Crippen molar-refractivity contribution >= 4 is 52.3 Å². The Hall–Kier alpha value is -4.95. The number of amides is 7. The molecule has 0 aliphatic carbocycles. The summed E-state index contributed by atoms with van der Waals surface area (Å²) in [5, 5.41) is 19.9. The number of H-pyrrole nitrogens is 1. The Bertz CT molecular complexity index is 1600. The summed E-state index contributed by atoms with van der Waals surface area (Å²) in [5.74, 6) is -4.70. The molecule has 2 heterocycles. The number of hydrogen-bond donors (Lipinski definition) is 8. The smallest absolute Gasteiger partial charge is 0.243 e. The number of carbonyl (C=O) groups is 7. The van der Waals surface area contributed by atoms with Crippen LogP contribution >= 0.6 is 0 Å². The number of aromatic nitrogens is 1. The van der Waals surface area contributed by atoms with E-state index in [4.69, 9.17) is 0 Å². The highest BCUT2D eigenvalue weighted by Gasteiger charge is 2.34. The summed E-state index contributed by atoms with van der Waals surface area (Å²) in [6, 6.07) is 1.34. The topological polar surface area (TPSA) is 219 Å². The minimum absolute atomic E-state index is 0.00243. The summed E-state index contributed by atoms with van der Waals surface area (Å²) in [4.78, 5) is 96.7. The van der Waals surface area contributed by atoms with Crippen molar-refractivity contribution in [3.8, 4) is 0 Å². The average molecular weight is 725 g/mol. The van der Waals surface area contributed by atoms with Gasteiger partial charge >= 0.3 is 0 Å². The molecule has 0 spiro atoms. The number of carbonyl (C=O) groups excluding carboxylic acids is 7. The maximum Gasteiger partial charge on any atom is 0.243 e. The lowest BCUT2D eigenvalue weighted by molar-refractivity contribution is -0.136. The highest BCUT2D eigenvalue weighted by Crippen LogP contribution is 2.19. The summed E-state index contributed by atoms with van der Waals surface area (Å²) >= 11 is 0. The Morgan fingerprint density at radius 2 is 1.19 bits per heavy atom. The number of benzene rings is 1. The van der Waals surface area contributed by atoms with Crippen LogP contribution < -0.4 is 37.2 Å². The van der Waals surface area contributed by atoms with Gasteiger partial charge in [0.25, 0.3) is 0 Å². The van der Waals surface area contributed by atoms with Crippen molar-refractivity contribution < 1.29 is 33.6 Å². The lowest BCUT2D eigenvalue weighted by Gasteiger charge is -2.29. The first-order chi connectivity index (χ1) is 24.5. The van der Waals surface area contributed by atoms with Gasteiger partial charge in [0.2, 0.25) is 41.4 Å². The number of para-hydroxylation sites is 1. The van der Waals surface area contributed by atoms with Gasteiger partial charge in [0.1, 0.15) is 36.3 Å². The van der Waals surface area contributed by atoms with Crippen LogP contribution in [0.3, 0.4) is 0 Å². The predicted molar refractivity (Wildman–Crippen MR) is 196 cm³/mol. The quantitative estimate of drug-likeness (QED) is 0.215. The third-order valence-electron chi connectivity index (χ3n) is 8.97. The zero-order valence-corrected chi connectivity index (χ0v) is 31.5. The molecule has 1 aromatic carbocycles. The van der Waals surface area contributed by atoms with Crippen molar-refractivity contribution in [2.24, 2.45) is 17.8 Å². The first-order valence-electron chi connectivity index (χ1n) is 18.1. The molecular formula is C37H56N8O7. The molecule has 1 aliphatic heterocycles. The zero-order chi connectivity index (χ0) is 38.7. The lowest BCUT2D eigenvalue weighted by Crippen LogP contribution is -2.61. The van der Waals surface area contributed by atoms with Gasteiger partial charge in [-0.25, -0.2) is 0 Å². The van der Waals surface area contributed by atoms with E-state index < -0.39 is 83.5 Å². The molecule has 1 saturated heterocycles. The van der Waals surface area contributed by atoms with E-state index in [9.17, 15) is 33.6 Å². The van der Waals surface area contributed by atoms with Crippen LogP contribution in [0.25, 0.3) is 10.9 Å². The molecule has 3 unspecified atom stereocenters. The summed E-state index contributed by atoms with van der Waals surface area (Å²) in [6.07, 6.45) is 2.40. The molecule has 6 atom stereocenters. The van der Waals surface area contributed by atoms with Crippen LogP contribution in [-0.2, 0) is 40.0 Å². The van der Waals surface area contributed by atoms with Crippen molar-refractivity contribution in [3.05, 3.63) is 36.0 Å².